The van der Waals surface area contributed by atoms with Gasteiger partial charge in [-0.15, -0.1) is 0 Å². The van der Waals surface area contributed by atoms with E-state index in [0.717, 1.165) is 102 Å². The highest BCUT2D eigenvalue weighted by atomic mass is 31.2. The van der Waals surface area contributed by atoms with E-state index < -0.39 is 97.5 Å². The summed E-state index contributed by atoms with van der Waals surface area (Å²) in [6, 6.07) is 0. The first kappa shape index (κ1) is 93.1. The summed E-state index contributed by atoms with van der Waals surface area (Å²) in [6.45, 7) is 9.57. The molecule has 0 saturated carbocycles. The molecule has 0 amide bonds. The molecule has 2 unspecified atom stereocenters. The SMILES string of the molecule is CCCCCCCCCCCCCCCCCCCC(=O)O[C@H](COC(=O)CCCCCCCCCCCCCC(C)C)COP(=O)(O)OC[C@@H](O)COP(=O)(O)OC[C@@H](COC(=O)CCCCCCCCCCC(C)C)OC(=O)CCCCCCCCCCCCCCC. The standard InChI is InChI=1S/C76H148O17P2/c1-7-9-11-13-15-17-19-21-22-23-24-26-30-35-43-49-55-61-76(81)92-71(64-86-73(78)58-52-46-40-33-31-27-28-32-38-44-50-56-68(3)4)66-90-94(82,83)88-62-70(77)63-89-95(84,85)91-67-72(65-87-74(79)59-53-47-41-37-36-39-45-51-57-69(5)6)93-75(80)60-54-48-42-34-29-25-20-18-16-14-12-10-8-2/h68-72,77H,7-67H2,1-6H3,(H,82,83)(H,84,85)/t70-,71-,72-/m1/s1. The lowest BCUT2D eigenvalue weighted by Gasteiger charge is -2.21. The molecule has 95 heavy (non-hydrogen) atoms. The van der Waals surface area contributed by atoms with Gasteiger partial charge in [-0.05, 0) is 37.5 Å². The van der Waals surface area contributed by atoms with Gasteiger partial charge < -0.3 is 33.8 Å². The third-order valence-electron chi connectivity index (χ3n) is 17.7. The van der Waals surface area contributed by atoms with Crippen molar-refractivity contribution in [2.75, 3.05) is 39.6 Å². The molecule has 0 fully saturated rings. The van der Waals surface area contributed by atoms with Gasteiger partial charge in [-0.2, -0.15) is 0 Å². The number of hydrogen-bond donors (Lipinski definition) is 3. The molecular weight excluding hydrogens is 1250 g/mol. The summed E-state index contributed by atoms with van der Waals surface area (Å²) >= 11 is 0. The Morgan fingerprint density at radius 3 is 0.716 bits per heavy atom. The van der Waals surface area contributed by atoms with E-state index >= 15 is 0 Å². The Hall–Kier alpha value is -1.94. The molecule has 17 nitrogen and oxygen atoms in total. The molecule has 0 aromatic carbocycles. The first-order chi connectivity index (χ1) is 45.9. The molecule has 3 N–H and O–H groups in total. The number of carbonyl (C=O) groups excluding carboxylic acids is 4. The van der Waals surface area contributed by atoms with Gasteiger partial charge in [0.2, 0.25) is 0 Å². The average molecular weight is 1400 g/mol. The van der Waals surface area contributed by atoms with Crippen LogP contribution in [0.4, 0.5) is 0 Å². The molecule has 0 aliphatic heterocycles. The molecule has 0 bridgehead atoms. The van der Waals surface area contributed by atoms with Crippen LogP contribution in [0.3, 0.4) is 0 Å². The first-order valence-corrected chi connectivity index (χ1v) is 42.5. The summed E-state index contributed by atoms with van der Waals surface area (Å²) in [4.78, 5) is 72.8. The molecular formula is C76H148O17P2. The van der Waals surface area contributed by atoms with E-state index in [2.05, 4.69) is 41.5 Å². The zero-order valence-corrected chi connectivity index (χ0v) is 63.8. The number of carbonyl (C=O) groups is 4. The molecule has 0 aromatic rings. The lowest BCUT2D eigenvalue weighted by atomic mass is 10.0. The highest BCUT2D eigenvalue weighted by molar-refractivity contribution is 7.47. The van der Waals surface area contributed by atoms with E-state index in [9.17, 15) is 43.2 Å². The number of aliphatic hydroxyl groups excluding tert-OH is 1. The van der Waals surface area contributed by atoms with Crippen LogP contribution in [-0.4, -0.2) is 96.7 Å². The maximum Gasteiger partial charge on any atom is 0.472 e. The van der Waals surface area contributed by atoms with Gasteiger partial charge in [-0.25, -0.2) is 9.13 Å². The van der Waals surface area contributed by atoms with Crippen LogP contribution in [0, 0.1) is 11.8 Å². The summed E-state index contributed by atoms with van der Waals surface area (Å²) in [5, 5.41) is 10.6. The largest absolute Gasteiger partial charge is 0.472 e. The van der Waals surface area contributed by atoms with Crippen molar-refractivity contribution in [2.24, 2.45) is 11.8 Å². The van der Waals surface area contributed by atoms with Crippen LogP contribution >= 0.6 is 15.6 Å². The van der Waals surface area contributed by atoms with E-state index in [4.69, 9.17) is 37.0 Å². The van der Waals surface area contributed by atoms with Gasteiger partial charge in [0, 0.05) is 25.7 Å². The van der Waals surface area contributed by atoms with Crippen LogP contribution in [0.15, 0.2) is 0 Å². The minimum absolute atomic E-state index is 0.107. The van der Waals surface area contributed by atoms with Crippen LogP contribution in [0.2, 0.25) is 0 Å². The summed E-state index contributed by atoms with van der Waals surface area (Å²) in [5.74, 6) is -0.616. The molecule has 0 radical (unpaired) electrons. The Bertz CT molecular complexity index is 1840. The number of rotatable bonds is 75. The Morgan fingerprint density at radius 2 is 0.484 bits per heavy atom. The molecule has 0 heterocycles. The third-order valence-corrected chi connectivity index (χ3v) is 19.6. The molecule has 5 atom stereocenters. The van der Waals surface area contributed by atoms with Crippen LogP contribution < -0.4 is 0 Å². The quantitative estimate of drug-likeness (QED) is 0.0222. The van der Waals surface area contributed by atoms with E-state index in [1.807, 2.05) is 0 Å². The minimum Gasteiger partial charge on any atom is -0.462 e. The number of ether oxygens (including phenoxy) is 4. The Morgan fingerprint density at radius 1 is 0.284 bits per heavy atom. The second-order valence-electron chi connectivity index (χ2n) is 28.3. The summed E-state index contributed by atoms with van der Waals surface area (Å²) in [5.41, 5.74) is 0. The van der Waals surface area contributed by atoms with Crippen molar-refractivity contribution in [3.8, 4) is 0 Å². The zero-order valence-electron chi connectivity index (χ0n) is 62.0. The number of unbranched alkanes of at least 4 members (excludes halogenated alkanes) is 45. The second kappa shape index (κ2) is 67.9. The Labute approximate surface area is 581 Å². The fourth-order valence-corrected chi connectivity index (χ4v) is 13.2. The van der Waals surface area contributed by atoms with Crippen LogP contribution in [0.25, 0.3) is 0 Å². The van der Waals surface area contributed by atoms with Crippen molar-refractivity contribution in [1.29, 1.82) is 0 Å². The van der Waals surface area contributed by atoms with E-state index in [1.165, 1.54) is 212 Å². The van der Waals surface area contributed by atoms with E-state index in [1.54, 1.807) is 0 Å². The number of phosphoric ester groups is 2. The van der Waals surface area contributed by atoms with Crippen molar-refractivity contribution < 1.29 is 80.2 Å². The zero-order chi connectivity index (χ0) is 70.0. The molecule has 0 aliphatic rings. The molecule has 564 valence electrons. The van der Waals surface area contributed by atoms with E-state index in [0.29, 0.717) is 25.7 Å². The summed E-state index contributed by atoms with van der Waals surface area (Å²) in [7, 11) is -9.91. The fourth-order valence-electron chi connectivity index (χ4n) is 11.7. The van der Waals surface area contributed by atoms with Gasteiger partial charge in [-0.1, -0.05) is 343 Å². The molecule has 0 aliphatic carbocycles. The van der Waals surface area contributed by atoms with Gasteiger partial charge >= 0.3 is 39.5 Å². The predicted octanol–water partition coefficient (Wildman–Crippen LogP) is 22.3. The highest BCUT2D eigenvalue weighted by Crippen LogP contribution is 2.45. The van der Waals surface area contributed by atoms with Crippen molar-refractivity contribution in [2.45, 2.75) is 413 Å². The Balaban J connectivity index is 5.25. The maximum absolute atomic E-state index is 13.1. The molecule has 0 spiro atoms. The fraction of sp³-hybridized carbons (Fsp3) is 0.947. The number of phosphoric acid groups is 2. The lowest BCUT2D eigenvalue weighted by molar-refractivity contribution is -0.161. The van der Waals surface area contributed by atoms with Crippen LogP contribution in [-0.2, 0) is 65.4 Å². The summed E-state index contributed by atoms with van der Waals surface area (Å²) in [6.07, 6.45) is 55.4. The van der Waals surface area contributed by atoms with Gasteiger partial charge in [0.25, 0.3) is 0 Å². The molecule has 0 saturated heterocycles. The van der Waals surface area contributed by atoms with Gasteiger partial charge in [0.05, 0.1) is 26.4 Å². The van der Waals surface area contributed by atoms with Gasteiger partial charge in [-0.3, -0.25) is 37.3 Å². The highest BCUT2D eigenvalue weighted by Gasteiger charge is 2.30. The lowest BCUT2D eigenvalue weighted by Crippen LogP contribution is -2.30. The molecule has 19 heteroatoms. The van der Waals surface area contributed by atoms with Crippen LogP contribution in [0.1, 0.15) is 395 Å². The van der Waals surface area contributed by atoms with Gasteiger partial charge in [0.15, 0.2) is 12.2 Å². The Kier molecular flexibility index (Phi) is 66.5. The van der Waals surface area contributed by atoms with Crippen molar-refractivity contribution >= 4 is 39.5 Å². The van der Waals surface area contributed by atoms with Crippen molar-refractivity contribution in [3.63, 3.8) is 0 Å². The molecule has 0 rings (SSSR count). The van der Waals surface area contributed by atoms with Gasteiger partial charge in [0.1, 0.15) is 19.3 Å². The van der Waals surface area contributed by atoms with Crippen molar-refractivity contribution in [1.82, 2.24) is 0 Å². The average Bonchev–Trinajstić information content (AvgIpc) is 1.27. The molecule has 0 aromatic heterocycles. The topological polar surface area (TPSA) is 237 Å². The third kappa shape index (κ3) is 70.3. The van der Waals surface area contributed by atoms with E-state index in [-0.39, 0.29) is 25.7 Å². The van der Waals surface area contributed by atoms with Crippen LogP contribution in [0.5, 0.6) is 0 Å². The monoisotopic (exact) mass is 1400 g/mol. The van der Waals surface area contributed by atoms with Crippen molar-refractivity contribution in [3.05, 3.63) is 0 Å². The smallest absolute Gasteiger partial charge is 0.462 e. The number of aliphatic hydroxyl groups is 1. The second-order valence-corrected chi connectivity index (χ2v) is 31.3. The minimum atomic E-state index is -4.96. The maximum atomic E-state index is 13.1. The number of hydrogen-bond acceptors (Lipinski definition) is 15. The predicted molar refractivity (Wildman–Crippen MR) is 386 cm³/mol. The number of esters is 4. The summed E-state index contributed by atoms with van der Waals surface area (Å²) < 4.78 is 68.5. The first-order valence-electron chi connectivity index (χ1n) is 39.5. The normalized spacial score (nSPS) is 14.0.